The lowest BCUT2D eigenvalue weighted by molar-refractivity contribution is 0.101. The minimum atomic E-state index is -0.751. The summed E-state index contributed by atoms with van der Waals surface area (Å²) in [6, 6.07) is 12.0. The zero-order valence-corrected chi connectivity index (χ0v) is 16.4. The van der Waals surface area contributed by atoms with Gasteiger partial charge in [0.25, 0.3) is 5.91 Å². The van der Waals surface area contributed by atoms with Gasteiger partial charge in [0.05, 0.1) is 11.1 Å². The number of anilines is 1. The van der Waals surface area contributed by atoms with Gasteiger partial charge in [-0.05, 0) is 37.6 Å². The van der Waals surface area contributed by atoms with Crippen LogP contribution in [-0.2, 0) is 12.6 Å². The number of hydrogen-bond donors (Lipinski definition) is 2. The summed E-state index contributed by atoms with van der Waals surface area (Å²) in [4.78, 5) is 17.4. The Morgan fingerprint density at radius 3 is 2.89 bits per heavy atom. The first-order valence-electron chi connectivity index (χ1n) is 8.89. The van der Waals surface area contributed by atoms with Crippen molar-refractivity contribution in [3.8, 4) is 0 Å². The summed E-state index contributed by atoms with van der Waals surface area (Å²) in [6.07, 6.45) is 0.666. The Kier molecular flexibility index (Phi) is 4.58. The molecule has 4 rings (SSSR count). The molecule has 0 spiro atoms. The van der Waals surface area contributed by atoms with E-state index in [1.54, 1.807) is 23.9 Å². The van der Waals surface area contributed by atoms with E-state index in [4.69, 9.17) is 5.73 Å². The molecule has 8 heteroatoms. The molecule has 1 aliphatic rings. The second kappa shape index (κ2) is 6.94. The number of aliphatic imine (C=N–C) groups is 1. The largest absolute Gasteiger partial charge is 0.379 e. The molecule has 1 unspecified atom stereocenters. The van der Waals surface area contributed by atoms with Gasteiger partial charge in [0, 0.05) is 29.4 Å². The fourth-order valence-electron chi connectivity index (χ4n) is 3.50. The van der Waals surface area contributed by atoms with Gasteiger partial charge in [-0.2, -0.15) is 5.10 Å². The summed E-state index contributed by atoms with van der Waals surface area (Å²) >= 11 is 1.46. The lowest BCUT2D eigenvalue weighted by atomic mass is 9.89. The van der Waals surface area contributed by atoms with E-state index in [9.17, 15) is 9.18 Å². The number of carbonyl (C=O) groups is 1. The topological polar surface area (TPSA) is 85.3 Å². The van der Waals surface area contributed by atoms with E-state index < -0.39 is 5.54 Å². The zero-order valence-electron chi connectivity index (χ0n) is 15.6. The Morgan fingerprint density at radius 2 is 2.11 bits per heavy atom. The highest BCUT2D eigenvalue weighted by Crippen LogP contribution is 2.37. The molecule has 1 atom stereocenters. The second-order valence-electron chi connectivity index (χ2n) is 6.96. The van der Waals surface area contributed by atoms with Crippen LogP contribution in [0.4, 0.5) is 10.1 Å². The lowest BCUT2D eigenvalue weighted by Crippen LogP contribution is -2.30. The number of nitrogens with zero attached hydrogens (tertiary/aromatic N) is 3. The van der Waals surface area contributed by atoms with Crippen molar-refractivity contribution < 1.29 is 9.18 Å². The van der Waals surface area contributed by atoms with Crippen LogP contribution in [0.3, 0.4) is 0 Å². The first-order chi connectivity index (χ1) is 13.4. The second-order valence-corrected chi connectivity index (χ2v) is 8.08. The van der Waals surface area contributed by atoms with E-state index in [1.807, 2.05) is 31.2 Å². The molecule has 1 amide bonds. The van der Waals surface area contributed by atoms with E-state index >= 15 is 0 Å². The first kappa shape index (κ1) is 18.5. The first-order valence-corrected chi connectivity index (χ1v) is 9.87. The number of aromatic nitrogens is 2. The Hall–Kier alpha value is -2.87. The van der Waals surface area contributed by atoms with Gasteiger partial charge in [-0.3, -0.25) is 14.5 Å². The van der Waals surface area contributed by atoms with Gasteiger partial charge in [0.1, 0.15) is 11.5 Å². The number of halogens is 1. The van der Waals surface area contributed by atoms with Gasteiger partial charge in [-0.1, -0.05) is 30.0 Å². The predicted molar refractivity (Wildman–Crippen MR) is 111 cm³/mol. The maximum atomic E-state index is 14.6. The summed E-state index contributed by atoms with van der Waals surface area (Å²) in [7, 11) is 1.73. The Balaban J connectivity index is 1.68. The molecule has 0 aliphatic carbocycles. The van der Waals surface area contributed by atoms with Gasteiger partial charge in [0.2, 0.25) is 0 Å². The van der Waals surface area contributed by atoms with Gasteiger partial charge < -0.3 is 11.1 Å². The minimum absolute atomic E-state index is 0.305. The molecule has 3 N–H and O–H groups in total. The lowest BCUT2D eigenvalue weighted by Gasteiger charge is -2.30. The van der Waals surface area contributed by atoms with E-state index in [0.29, 0.717) is 28.5 Å². The average molecular weight is 397 g/mol. The Bertz CT molecular complexity index is 1110. The number of aryl methyl sites for hydroxylation is 1. The minimum Gasteiger partial charge on any atom is -0.379 e. The van der Waals surface area contributed by atoms with Crippen LogP contribution in [0.2, 0.25) is 0 Å². The van der Waals surface area contributed by atoms with Crippen molar-refractivity contribution in [2.75, 3.05) is 11.1 Å². The molecule has 0 bridgehead atoms. The number of rotatable bonds is 3. The molecule has 28 heavy (non-hydrogen) atoms. The van der Waals surface area contributed by atoms with Gasteiger partial charge in [0.15, 0.2) is 5.17 Å². The van der Waals surface area contributed by atoms with Crippen LogP contribution in [0.25, 0.3) is 10.9 Å². The van der Waals surface area contributed by atoms with E-state index in [1.165, 1.54) is 17.8 Å². The van der Waals surface area contributed by atoms with Crippen LogP contribution in [-0.4, -0.2) is 26.6 Å². The molecule has 0 saturated carbocycles. The van der Waals surface area contributed by atoms with E-state index in [-0.39, 0.29) is 11.7 Å². The Morgan fingerprint density at radius 1 is 1.32 bits per heavy atom. The van der Waals surface area contributed by atoms with Crippen molar-refractivity contribution in [2.24, 2.45) is 17.8 Å². The molecule has 0 fully saturated rings. The third-order valence-corrected chi connectivity index (χ3v) is 5.75. The van der Waals surface area contributed by atoms with Crippen LogP contribution < -0.4 is 11.1 Å². The maximum Gasteiger partial charge on any atom is 0.274 e. The quantitative estimate of drug-likeness (QED) is 0.707. The summed E-state index contributed by atoms with van der Waals surface area (Å²) in [6.45, 7) is 1.86. The van der Waals surface area contributed by atoms with Crippen molar-refractivity contribution >= 4 is 39.4 Å². The molecular weight excluding hydrogens is 377 g/mol. The summed E-state index contributed by atoms with van der Waals surface area (Å²) < 4.78 is 16.1. The SMILES string of the molecule is Cn1nc2ccccc2c1C(=O)Nc1ccc(F)c(C2(C)CCSC(N)=N2)c1. The number of thioether (sulfide) groups is 1. The average Bonchev–Trinajstić information content (AvgIpc) is 2.98. The molecule has 0 radical (unpaired) electrons. The number of hydrogen-bond acceptors (Lipinski definition) is 5. The van der Waals surface area contributed by atoms with Crippen LogP contribution in [0.5, 0.6) is 0 Å². The van der Waals surface area contributed by atoms with Crippen molar-refractivity contribution in [3.63, 3.8) is 0 Å². The monoisotopic (exact) mass is 397 g/mol. The van der Waals surface area contributed by atoms with Crippen LogP contribution >= 0.6 is 11.8 Å². The van der Waals surface area contributed by atoms with Crippen LogP contribution in [0.15, 0.2) is 47.5 Å². The number of nitrogens with two attached hydrogens (primary N) is 1. The normalized spacial score (nSPS) is 19.5. The molecule has 144 valence electrons. The molecule has 6 nitrogen and oxygen atoms in total. The van der Waals surface area contributed by atoms with E-state index in [2.05, 4.69) is 15.4 Å². The highest BCUT2D eigenvalue weighted by molar-refractivity contribution is 8.13. The van der Waals surface area contributed by atoms with Gasteiger partial charge in [-0.25, -0.2) is 4.39 Å². The highest BCUT2D eigenvalue weighted by atomic mass is 32.2. The highest BCUT2D eigenvalue weighted by Gasteiger charge is 2.32. The van der Waals surface area contributed by atoms with Crippen LogP contribution in [0.1, 0.15) is 29.4 Å². The summed E-state index contributed by atoms with van der Waals surface area (Å²) in [5.74, 6) is 0.0964. The van der Waals surface area contributed by atoms with Crippen LogP contribution in [0, 0.1) is 5.82 Å². The third-order valence-electron chi connectivity index (χ3n) is 4.96. The number of carbonyl (C=O) groups excluding carboxylic acids is 1. The number of benzene rings is 2. The van der Waals surface area contributed by atoms with Crippen molar-refractivity contribution in [3.05, 3.63) is 59.5 Å². The van der Waals surface area contributed by atoms with Gasteiger partial charge in [-0.15, -0.1) is 0 Å². The molecule has 2 heterocycles. The fraction of sp³-hybridized carbons (Fsp3) is 0.250. The van der Waals surface area contributed by atoms with Crippen molar-refractivity contribution in [1.29, 1.82) is 0 Å². The maximum absolute atomic E-state index is 14.6. The van der Waals surface area contributed by atoms with Crippen molar-refractivity contribution in [2.45, 2.75) is 18.9 Å². The van der Waals surface area contributed by atoms with Gasteiger partial charge >= 0.3 is 0 Å². The molecule has 1 aromatic heterocycles. The Labute approximate surface area is 166 Å². The number of amidine groups is 1. The molecule has 2 aromatic carbocycles. The molecule has 3 aromatic rings. The van der Waals surface area contributed by atoms with E-state index in [0.717, 1.165) is 16.7 Å². The summed E-state index contributed by atoms with van der Waals surface area (Å²) in [5, 5.41) is 8.43. The zero-order chi connectivity index (χ0) is 19.9. The standard InChI is InChI=1S/C20H20FN5OS/c1-20(9-10-28-19(22)24-20)14-11-12(7-8-15(14)21)23-18(27)17-13-5-3-4-6-16(13)25-26(17)2/h3-8,11H,9-10H2,1-2H3,(H2,22,24)(H,23,27). The smallest absolute Gasteiger partial charge is 0.274 e. The number of nitrogens with one attached hydrogen (secondary N) is 1. The molecular formula is C20H20FN5OS. The third kappa shape index (κ3) is 3.24. The number of amides is 1. The fourth-order valence-corrected chi connectivity index (χ4v) is 4.48. The molecule has 1 aliphatic heterocycles. The molecule has 0 saturated heterocycles. The number of fused-ring (bicyclic) bond motifs is 1. The van der Waals surface area contributed by atoms with Crippen molar-refractivity contribution in [1.82, 2.24) is 9.78 Å². The summed E-state index contributed by atoms with van der Waals surface area (Å²) in [5.41, 5.74) is 7.22. The predicted octanol–water partition coefficient (Wildman–Crippen LogP) is 3.63.